The van der Waals surface area contributed by atoms with Crippen LogP contribution in [0.1, 0.15) is 35.6 Å². The van der Waals surface area contributed by atoms with Gasteiger partial charge in [0.25, 0.3) is 11.5 Å². The van der Waals surface area contributed by atoms with E-state index >= 15 is 0 Å². The maximum Gasteiger partial charge on any atom is 0.266 e. The van der Waals surface area contributed by atoms with E-state index in [0.29, 0.717) is 28.8 Å². The highest BCUT2D eigenvalue weighted by Crippen LogP contribution is 2.27. The molecule has 0 aliphatic carbocycles. The molecule has 4 aromatic rings. The molecule has 6 nitrogen and oxygen atoms in total. The molecule has 0 radical (unpaired) electrons. The molecule has 1 atom stereocenters. The molecule has 4 rings (SSSR count). The fourth-order valence-corrected chi connectivity index (χ4v) is 4.13. The summed E-state index contributed by atoms with van der Waals surface area (Å²) < 4.78 is 34.2. The average Bonchev–Trinajstić information content (AvgIpc) is 2.87. The van der Waals surface area contributed by atoms with Crippen LogP contribution in [0.4, 0.5) is 8.78 Å². The first-order valence-electron chi connectivity index (χ1n) is 11.3. The molecule has 1 heterocycles. The van der Waals surface area contributed by atoms with Gasteiger partial charge in [0.2, 0.25) is 0 Å². The van der Waals surface area contributed by atoms with Gasteiger partial charge in [-0.3, -0.25) is 14.2 Å². The fraction of sp³-hybridized carbons (Fsp3) is 0.222. The van der Waals surface area contributed by atoms with Crippen LogP contribution in [0.15, 0.2) is 77.6 Å². The molecule has 1 aromatic heterocycles. The van der Waals surface area contributed by atoms with Gasteiger partial charge in [0.05, 0.1) is 29.2 Å². The van der Waals surface area contributed by atoms with Crippen LogP contribution in [-0.2, 0) is 4.74 Å². The van der Waals surface area contributed by atoms with E-state index in [-0.39, 0.29) is 24.3 Å². The Morgan fingerprint density at radius 1 is 1.03 bits per heavy atom. The largest absolute Gasteiger partial charge is 0.383 e. The Morgan fingerprint density at radius 2 is 1.77 bits per heavy atom. The average molecular weight is 478 g/mol. The second-order valence-electron chi connectivity index (χ2n) is 8.03. The molecule has 0 saturated heterocycles. The quantitative estimate of drug-likeness (QED) is 0.362. The van der Waals surface area contributed by atoms with Gasteiger partial charge in [-0.15, -0.1) is 0 Å². The molecule has 0 fully saturated rings. The van der Waals surface area contributed by atoms with E-state index in [2.05, 4.69) is 0 Å². The zero-order valence-corrected chi connectivity index (χ0v) is 19.4. The Balaban J connectivity index is 1.94. The third kappa shape index (κ3) is 4.97. The molecule has 0 aliphatic heterocycles. The Bertz CT molecular complexity index is 1400. The van der Waals surface area contributed by atoms with Crippen molar-refractivity contribution in [3.05, 3.63) is 106 Å². The number of amides is 1. The standard InChI is InChI=1S/C27H25F2N3O3/c1-3-24(31(15-16-35-2)26(33)18-7-6-8-20(29)17-18)25-30-23-10-5-4-9-22(23)27(34)32(25)21-13-11-19(28)12-14-21/h4-14,17,24H,3,15-16H2,1-2H3. The van der Waals surface area contributed by atoms with E-state index in [4.69, 9.17) is 9.72 Å². The molecular weight excluding hydrogens is 452 g/mol. The van der Waals surface area contributed by atoms with Crippen molar-refractivity contribution in [3.63, 3.8) is 0 Å². The van der Waals surface area contributed by atoms with Crippen LogP contribution in [0.3, 0.4) is 0 Å². The van der Waals surface area contributed by atoms with Crippen molar-refractivity contribution in [2.45, 2.75) is 19.4 Å². The normalized spacial score (nSPS) is 12.0. The predicted molar refractivity (Wildman–Crippen MR) is 130 cm³/mol. The van der Waals surface area contributed by atoms with Crippen molar-refractivity contribution in [2.24, 2.45) is 0 Å². The lowest BCUT2D eigenvalue weighted by atomic mass is 10.1. The smallest absolute Gasteiger partial charge is 0.266 e. The van der Waals surface area contributed by atoms with Gasteiger partial charge >= 0.3 is 0 Å². The molecule has 1 amide bonds. The summed E-state index contributed by atoms with van der Waals surface area (Å²) in [5, 5.41) is 0.398. The number of carbonyl (C=O) groups is 1. The fourth-order valence-electron chi connectivity index (χ4n) is 4.13. The first-order valence-corrected chi connectivity index (χ1v) is 11.3. The Kier molecular flexibility index (Phi) is 7.31. The summed E-state index contributed by atoms with van der Waals surface area (Å²) in [5.41, 5.74) is 0.749. The van der Waals surface area contributed by atoms with Crippen molar-refractivity contribution < 1.29 is 18.3 Å². The number of ether oxygens (including phenoxy) is 1. The van der Waals surface area contributed by atoms with Crippen molar-refractivity contribution in [1.82, 2.24) is 14.5 Å². The van der Waals surface area contributed by atoms with E-state index in [0.717, 1.165) is 0 Å². The molecule has 180 valence electrons. The van der Waals surface area contributed by atoms with Gasteiger partial charge in [0, 0.05) is 19.2 Å². The summed E-state index contributed by atoms with van der Waals surface area (Å²) in [6.45, 7) is 2.29. The topological polar surface area (TPSA) is 64.4 Å². The highest BCUT2D eigenvalue weighted by atomic mass is 19.1. The number of hydrogen-bond donors (Lipinski definition) is 0. The van der Waals surface area contributed by atoms with Crippen LogP contribution in [-0.4, -0.2) is 40.6 Å². The summed E-state index contributed by atoms with van der Waals surface area (Å²) in [6.07, 6.45) is 0.413. The third-order valence-electron chi connectivity index (χ3n) is 5.82. The van der Waals surface area contributed by atoms with E-state index in [1.54, 1.807) is 30.3 Å². The van der Waals surface area contributed by atoms with Gasteiger partial charge < -0.3 is 9.64 Å². The monoisotopic (exact) mass is 477 g/mol. The minimum Gasteiger partial charge on any atom is -0.383 e. The summed E-state index contributed by atoms with van der Waals surface area (Å²) in [4.78, 5) is 33.5. The Hall–Kier alpha value is -3.91. The number of rotatable bonds is 8. The first-order chi connectivity index (χ1) is 16.9. The Labute approximate surface area is 201 Å². The van der Waals surface area contributed by atoms with E-state index in [1.807, 2.05) is 6.92 Å². The molecule has 3 aromatic carbocycles. The number of fused-ring (bicyclic) bond motifs is 1. The molecule has 35 heavy (non-hydrogen) atoms. The minimum atomic E-state index is -0.650. The molecule has 8 heteroatoms. The lowest BCUT2D eigenvalue weighted by Gasteiger charge is -2.32. The van der Waals surface area contributed by atoms with E-state index in [1.165, 1.54) is 59.0 Å². The van der Waals surface area contributed by atoms with E-state index < -0.39 is 23.6 Å². The molecule has 0 aliphatic rings. The highest BCUT2D eigenvalue weighted by molar-refractivity contribution is 5.94. The number of halogens is 2. The summed E-state index contributed by atoms with van der Waals surface area (Å²) in [7, 11) is 1.52. The maximum absolute atomic E-state index is 13.9. The van der Waals surface area contributed by atoms with Gasteiger partial charge in [0.1, 0.15) is 17.5 Å². The SMILES string of the molecule is CCC(c1nc2ccccc2c(=O)n1-c1ccc(F)cc1)N(CCOC)C(=O)c1cccc(F)c1. The number of benzene rings is 3. The van der Waals surface area contributed by atoms with Gasteiger partial charge in [-0.1, -0.05) is 25.1 Å². The van der Waals surface area contributed by atoms with Crippen molar-refractivity contribution in [2.75, 3.05) is 20.3 Å². The number of aromatic nitrogens is 2. The number of carbonyl (C=O) groups excluding carboxylic acids is 1. The van der Waals surface area contributed by atoms with Crippen LogP contribution in [0, 0.1) is 11.6 Å². The van der Waals surface area contributed by atoms with Crippen LogP contribution < -0.4 is 5.56 Å². The zero-order chi connectivity index (χ0) is 24.9. The van der Waals surface area contributed by atoms with Crippen LogP contribution in [0.5, 0.6) is 0 Å². The molecule has 0 N–H and O–H groups in total. The molecular formula is C27H25F2N3O3. The van der Waals surface area contributed by atoms with Gasteiger partial charge in [-0.05, 0) is 61.0 Å². The van der Waals surface area contributed by atoms with Gasteiger partial charge in [-0.2, -0.15) is 0 Å². The van der Waals surface area contributed by atoms with Crippen molar-refractivity contribution in [1.29, 1.82) is 0 Å². The van der Waals surface area contributed by atoms with Crippen LogP contribution >= 0.6 is 0 Å². The zero-order valence-electron chi connectivity index (χ0n) is 19.4. The van der Waals surface area contributed by atoms with E-state index in [9.17, 15) is 18.4 Å². The summed E-state index contributed by atoms with van der Waals surface area (Å²) >= 11 is 0. The number of hydrogen-bond acceptors (Lipinski definition) is 4. The molecule has 0 saturated carbocycles. The summed E-state index contributed by atoms with van der Waals surface area (Å²) in [6, 6.07) is 17.3. The maximum atomic E-state index is 13.9. The lowest BCUT2D eigenvalue weighted by Crippen LogP contribution is -2.40. The first kappa shape index (κ1) is 24.2. The highest BCUT2D eigenvalue weighted by Gasteiger charge is 2.29. The number of methoxy groups -OCH3 is 1. The summed E-state index contributed by atoms with van der Waals surface area (Å²) in [5.74, 6) is -1.06. The second kappa shape index (κ2) is 10.6. The number of nitrogens with zero attached hydrogens (tertiary/aromatic N) is 3. The molecule has 0 spiro atoms. The van der Waals surface area contributed by atoms with Crippen LogP contribution in [0.25, 0.3) is 16.6 Å². The van der Waals surface area contributed by atoms with Crippen molar-refractivity contribution in [3.8, 4) is 5.69 Å². The minimum absolute atomic E-state index is 0.177. The predicted octanol–water partition coefficient (Wildman–Crippen LogP) is 4.90. The van der Waals surface area contributed by atoms with Crippen molar-refractivity contribution >= 4 is 16.8 Å². The lowest BCUT2D eigenvalue weighted by molar-refractivity contribution is 0.0579. The number of para-hydroxylation sites is 1. The molecule has 1 unspecified atom stereocenters. The second-order valence-corrected chi connectivity index (χ2v) is 8.03. The van der Waals surface area contributed by atoms with Crippen LogP contribution in [0.2, 0.25) is 0 Å². The third-order valence-corrected chi connectivity index (χ3v) is 5.82. The molecule has 0 bridgehead atoms. The van der Waals surface area contributed by atoms with Gasteiger partial charge in [0.15, 0.2) is 0 Å². The van der Waals surface area contributed by atoms with Gasteiger partial charge in [-0.25, -0.2) is 13.8 Å². The Morgan fingerprint density at radius 3 is 2.46 bits per heavy atom.